The van der Waals surface area contributed by atoms with Crippen molar-refractivity contribution in [3.05, 3.63) is 24.3 Å². The second-order valence-electron chi connectivity index (χ2n) is 18.2. The lowest BCUT2D eigenvalue weighted by Gasteiger charge is -2.30. The molecule has 0 aromatic heterocycles. The summed E-state index contributed by atoms with van der Waals surface area (Å²) < 4.78 is 23.3. The number of amides is 1. The van der Waals surface area contributed by atoms with Gasteiger partial charge in [0.2, 0.25) is 5.91 Å². The number of phosphoric acid groups is 1. The van der Waals surface area contributed by atoms with Crippen LogP contribution < -0.4 is 10.2 Å². The average Bonchev–Trinajstić information content (AvgIpc) is 3.17. The molecule has 0 aromatic carbocycles. The molecule has 344 valence electrons. The molecule has 58 heavy (non-hydrogen) atoms. The number of quaternary nitrogens is 1. The lowest BCUT2D eigenvalue weighted by molar-refractivity contribution is -0.870. The summed E-state index contributed by atoms with van der Waals surface area (Å²) in [7, 11) is 1.31. The minimum atomic E-state index is -4.56. The van der Waals surface area contributed by atoms with Crippen molar-refractivity contribution in [1.82, 2.24) is 5.32 Å². The van der Waals surface area contributed by atoms with E-state index in [0.717, 1.165) is 44.9 Å². The van der Waals surface area contributed by atoms with Crippen LogP contribution in [-0.4, -0.2) is 68.5 Å². The molecule has 9 heteroatoms. The third-order valence-electron chi connectivity index (χ3n) is 11.2. The van der Waals surface area contributed by atoms with Crippen molar-refractivity contribution < 1.29 is 32.9 Å². The Hall–Kier alpha value is -1.02. The molecule has 3 unspecified atom stereocenters. The van der Waals surface area contributed by atoms with E-state index >= 15 is 0 Å². The number of rotatable bonds is 45. The molecule has 0 heterocycles. The van der Waals surface area contributed by atoms with Gasteiger partial charge in [-0.1, -0.05) is 205 Å². The fourth-order valence-corrected chi connectivity index (χ4v) is 7.97. The zero-order valence-electron chi connectivity index (χ0n) is 39.0. The van der Waals surface area contributed by atoms with Crippen molar-refractivity contribution in [2.24, 2.45) is 0 Å². The lowest BCUT2D eigenvalue weighted by atomic mass is 10.0. The zero-order chi connectivity index (χ0) is 42.8. The Morgan fingerprint density at radius 3 is 1.43 bits per heavy atom. The van der Waals surface area contributed by atoms with Crippen LogP contribution in [-0.2, 0) is 18.4 Å². The molecule has 0 aromatic rings. The number of hydrogen-bond donors (Lipinski definition) is 2. The van der Waals surface area contributed by atoms with Crippen molar-refractivity contribution in [2.75, 3.05) is 40.9 Å². The van der Waals surface area contributed by atoms with Crippen LogP contribution in [0.25, 0.3) is 0 Å². The van der Waals surface area contributed by atoms with Crippen LogP contribution in [0.5, 0.6) is 0 Å². The molecular formula is C49H97N2O6P. The third kappa shape index (κ3) is 43.1. The normalized spacial score (nSPS) is 14.4. The van der Waals surface area contributed by atoms with E-state index in [2.05, 4.69) is 43.5 Å². The van der Waals surface area contributed by atoms with Gasteiger partial charge in [0.15, 0.2) is 0 Å². The van der Waals surface area contributed by atoms with E-state index in [-0.39, 0.29) is 19.1 Å². The predicted octanol–water partition coefficient (Wildman–Crippen LogP) is 13.5. The Kier molecular flexibility index (Phi) is 40.6. The van der Waals surface area contributed by atoms with E-state index in [1.165, 1.54) is 161 Å². The van der Waals surface area contributed by atoms with Gasteiger partial charge >= 0.3 is 0 Å². The number of carbonyl (C=O) groups is 1. The molecule has 3 atom stereocenters. The Balaban J connectivity index is 4.22. The first-order valence-corrected chi connectivity index (χ1v) is 26.1. The number of nitrogens with zero attached hydrogens (tertiary/aromatic N) is 1. The van der Waals surface area contributed by atoms with Gasteiger partial charge in [-0.25, -0.2) is 0 Å². The Bertz CT molecular complexity index is 1000. The largest absolute Gasteiger partial charge is 0.756 e. The number of nitrogens with one attached hydrogen (secondary N) is 1. The van der Waals surface area contributed by atoms with Crippen LogP contribution in [0.4, 0.5) is 0 Å². The first-order chi connectivity index (χ1) is 28.0. The predicted molar refractivity (Wildman–Crippen MR) is 247 cm³/mol. The number of phosphoric ester groups is 1. The summed E-state index contributed by atoms with van der Waals surface area (Å²) in [5.41, 5.74) is 0. The molecule has 0 aliphatic heterocycles. The first kappa shape index (κ1) is 57.0. The van der Waals surface area contributed by atoms with E-state index in [4.69, 9.17) is 9.05 Å². The van der Waals surface area contributed by atoms with E-state index in [1.807, 2.05) is 21.1 Å². The maximum Gasteiger partial charge on any atom is 0.268 e. The SMILES string of the molecule is CCCCCCC/C=C\C/C=C\CCCCCCCCCCCCCC(=O)NC(COP(=O)([O-])OCC[N+](C)(C)C)C(O)CCCCCCCCCCCCCCC. The molecule has 0 spiro atoms. The second-order valence-corrected chi connectivity index (χ2v) is 19.6. The highest BCUT2D eigenvalue weighted by Gasteiger charge is 2.24. The van der Waals surface area contributed by atoms with Gasteiger partial charge in [0.1, 0.15) is 13.2 Å². The van der Waals surface area contributed by atoms with Gasteiger partial charge < -0.3 is 28.8 Å². The van der Waals surface area contributed by atoms with Crippen molar-refractivity contribution >= 4 is 13.7 Å². The number of aliphatic hydroxyl groups excluding tert-OH is 1. The van der Waals surface area contributed by atoms with Crippen LogP contribution in [0.15, 0.2) is 24.3 Å². The van der Waals surface area contributed by atoms with Crippen molar-refractivity contribution in [3.8, 4) is 0 Å². The Labute approximate surface area is 360 Å². The van der Waals surface area contributed by atoms with Crippen LogP contribution in [0.2, 0.25) is 0 Å². The maximum absolute atomic E-state index is 12.9. The number of aliphatic hydroxyl groups is 1. The summed E-state index contributed by atoms with van der Waals surface area (Å²) in [5.74, 6) is -0.166. The molecule has 0 saturated carbocycles. The van der Waals surface area contributed by atoms with E-state index in [9.17, 15) is 19.4 Å². The first-order valence-electron chi connectivity index (χ1n) is 24.7. The Morgan fingerprint density at radius 1 is 0.603 bits per heavy atom. The van der Waals surface area contributed by atoms with Crippen molar-refractivity contribution in [2.45, 2.75) is 244 Å². The summed E-state index contributed by atoms with van der Waals surface area (Å²) >= 11 is 0. The number of unbranched alkanes of at least 4 members (excludes halogenated alkanes) is 28. The molecule has 1 amide bonds. The summed E-state index contributed by atoms with van der Waals surface area (Å²) in [6.07, 6.45) is 49.0. The van der Waals surface area contributed by atoms with Gasteiger partial charge in [-0.3, -0.25) is 9.36 Å². The molecule has 0 bridgehead atoms. The third-order valence-corrected chi connectivity index (χ3v) is 12.2. The van der Waals surface area contributed by atoms with Crippen molar-refractivity contribution in [1.29, 1.82) is 0 Å². The lowest BCUT2D eigenvalue weighted by Crippen LogP contribution is -2.46. The van der Waals surface area contributed by atoms with Crippen molar-refractivity contribution in [3.63, 3.8) is 0 Å². The van der Waals surface area contributed by atoms with Gasteiger partial charge in [0.25, 0.3) is 7.82 Å². The number of likely N-dealkylation sites (N-methyl/N-ethyl adjacent to an activating group) is 1. The zero-order valence-corrected chi connectivity index (χ0v) is 39.9. The number of hydrogen-bond acceptors (Lipinski definition) is 6. The van der Waals surface area contributed by atoms with Crippen LogP contribution in [0.3, 0.4) is 0 Å². The highest BCUT2D eigenvalue weighted by molar-refractivity contribution is 7.45. The van der Waals surface area contributed by atoms with E-state index in [0.29, 0.717) is 23.9 Å². The molecule has 2 N–H and O–H groups in total. The molecule has 0 aliphatic carbocycles. The molecule has 0 saturated heterocycles. The molecule has 0 radical (unpaired) electrons. The summed E-state index contributed by atoms with van der Waals surface area (Å²) in [5, 5.41) is 13.9. The minimum absolute atomic E-state index is 0.0127. The standard InChI is InChI=1S/C49H97N2O6P/c1-6-8-10-12-14-16-18-20-21-22-23-24-25-26-27-28-29-31-33-35-37-39-41-43-49(53)50-47(46-57-58(54,55)56-45-44-51(3,4)5)48(52)42-40-38-36-34-32-30-19-17-15-13-11-9-7-2/h18,20,22-23,47-48,52H,6-17,19,21,24-46H2,1-5H3,(H-,50,53,54,55)/b20-18-,23-22-. The maximum atomic E-state index is 12.9. The van der Waals surface area contributed by atoms with Gasteiger partial charge in [-0.15, -0.1) is 0 Å². The van der Waals surface area contributed by atoms with Gasteiger partial charge in [-0.2, -0.15) is 0 Å². The highest BCUT2D eigenvalue weighted by atomic mass is 31.2. The molecule has 8 nitrogen and oxygen atoms in total. The summed E-state index contributed by atoms with van der Waals surface area (Å²) in [4.78, 5) is 25.4. The van der Waals surface area contributed by atoms with Crippen LogP contribution in [0.1, 0.15) is 232 Å². The molecular weight excluding hydrogens is 744 g/mol. The second kappa shape index (κ2) is 41.3. The quantitative estimate of drug-likeness (QED) is 0.0274. The van der Waals surface area contributed by atoms with Crippen LogP contribution in [0, 0.1) is 0 Å². The van der Waals surface area contributed by atoms with Gasteiger partial charge in [-0.05, 0) is 44.9 Å². The fraction of sp³-hybridized carbons (Fsp3) is 0.898. The average molecular weight is 841 g/mol. The molecule has 0 rings (SSSR count). The Morgan fingerprint density at radius 2 is 1.00 bits per heavy atom. The number of carbonyl (C=O) groups excluding carboxylic acids is 1. The topological polar surface area (TPSA) is 108 Å². The molecule has 0 fully saturated rings. The smallest absolute Gasteiger partial charge is 0.268 e. The monoisotopic (exact) mass is 841 g/mol. The fourth-order valence-electron chi connectivity index (χ4n) is 7.25. The van der Waals surface area contributed by atoms with E-state index in [1.54, 1.807) is 0 Å². The van der Waals surface area contributed by atoms with Gasteiger partial charge in [0.05, 0.1) is 39.9 Å². The minimum Gasteiger partial charge on any atom is -0.756 e. The van der Waals surface area contributed by atoms with Gasteiger partial charge in [0, 0.05) is 6.42 Å². The summed E-state index contributed by atoms with van der Waals surface area (Å²) in [6, 6.07) is -0.799. The molecule has 0 aliphatic rings. The highest BCUT2D eigenvalue weighted by Crippen LogP contribution is 2.38. The number of allylic oxidation sites excluding steroid dienone is 4. The van der Waals surface area contributed by atoms with Crippen LogP contribution >= 0.6 is 7.82 Å². The summed E-state index contributed by atoms with van der Waals surface area (Å²) in [6.45, 7) is 4.72. The van der Waals surface area contributed by atoms with E-state index < -0.39 is 20.0 Å².